The first-order valence-electron chi connectivity index (χ1n) is 7.61. The van der Waals surface area contributed by atoms with Gasteiger partial charge in [-0.3, -0.25) is 4.79 Å². The molecular formula is C17H24O3. The van der Waals surface area contributed by atoms with Gasteiger partial charge in [0.1, 0.15) is 11.5 Å². The van der Waals surface area contributed by atoms with Crippen LogP contribution in [0.15, 0.2) is 18.2 Å². The molecule has 110 valence electrons. The Balaban J connectivity index is 2.20. The molecular weight excluding hydrogens is 252 g/mol. The van der Waals surface area contributed by atoms with Crippen molar-refractivity contribution in [1.82, 2.24) is 0 Å². The number of carbonyl (C=O) groups is 1. The van der Waals surface area contributed by atoms with Crippen LogP contribution in [0.2, 0.25) is 0 Å². The maximum absolute atomic E-state index is 12.7. The lowest BCUT2D eigenvalue weighted by Gasteiger charge is -2.21. The topological polar surface area (TPSA) is 35.5 Å². The number of hydrogen-bond acceptors (Lipinski definition) is 3. The highest BCUT2D eigenvalue weighted by Gasteiger charge is 2.25. The fourth-order valence-corrected chi connectivity index (χ4v) is 2.77. The molecule has 0 unspecified atom stereocenters. The smallest absolute Gasteiger partial charge is 0.169 e. The number of carbonyl (C=O) groups excluding carboxylic acids is 1. The van der Waals surface area contributed by atoms with E-state index < -0.39 is 0 Å². The van der Waals surface area contributed by atoms with Gasteiger partial charge in [0, 0.05) is 5.92 Å². The van der Waals surface area contributed by atoms with Crippen LogP contribution in [0.25, 0.3) is 0 Å². The van der Waals surface area contributed by atoms with E-state index in [1.807, 2.05) is 18.2 Å². The third-order valence-corrected chi connectivity index (χ3v) is 3.89. The van der Waals surface area contributed by atoms with Crippen LogP contribution in [0.3, 0.4) is 0 Å². The molecule has 0 spiro atoms. The van der Waals surface area contributed by atoms with Gasteiger partial charge in [0.25, 0.3) is 0 Å². The summed E-state index contributed by atoms with van der Waals surface area (Å²) in [7, 11) is 1.61. The molecule has 1 aromatic rings. The van der Waals surface area contributed by atoms with E-state index in [0.29, 0.717) is 17.9 Å². The SMILES string of the molecule is CCCOc1ccc(OC)c(C(=O)C2CCCCC2)c1. The molecule has 1 fully saturated rings. The van der Waals surface area contributed by atoms with Crippen molar-refractivity contribution in [3.05, 3.63) is 23.8 Å². The second-order valence-electron chi connectivity index (χ2n) is 5.41. The molecule has 1 aliphatic rings. The number of benzene rings is 1. The Morgan fingerprint density at radius 1 is 1.25 bits per heavy atom. The molecule has 0 bridgehead atoms. The lowest BCUT2D eigenvalue weighted by molar-refractivity contribution is 0.0886. The summed E-state index contributed by atoms with van der Waals surface area (Å²) in [5, 5.41) is 0. The van der Waals surface area contributed by atoms with Gasteiger partial charge in [0.15, 0.2) is 5.78 Å². The molecule has 20 heavy (non-hydrogen) atoms. The molecule has 0 radical (unpaired) electrons. The molecule has 0 atom stereocenters. The minimum absolute atomic E-state index is 0.152. The van der Waals surface area contributed by atoms with E-state index in [9.17, 15) is 4.79 Å². The molecule has 0 heterocycles. The van der Waals surface area contributed by atoms with Gasteiger partial charge in [-0.25, -0.2) is 0 Å². The van der Waals surface area contributed by atoms with Crippen molar-refractivity contribution >= 4 is 5.78 Å². The van der Waals surface area contributed by atoms with Gasteiger partial charge in [-0.2, -0.15) is 0 Å². The predicted octanol–water partition coefficient (Wildman–Crippen LogP) is 4.25. The van der Waals surface area contributed by atoms with E-state index in [-0.39, 0.29) is 11.7 Å². The van der Waals surface area contributed by atoms with Crippen LogP contribution in [0.1, 0.15) is 55.8 Å². The van der Waals surface area contributed by atoms with Crippen LogP contribution in [0.5, 0.6) is 11.5 Å². The standard InChI is InChI=1S/C17H24O3/c1-3-11-20-14-9-10-16(19-2)15(12-14)17(18)13-7-5-4-6-8-13/h9-10,12-13H,3-8,11H2,1-2H3. The van der Waals surface area contributed by atoms with Crippen LogP contribution in [-0.4, -0.2) is 19.5 Å². The van der Waals surface area contributed by atoms with Gasteiger partial charge in [0.2, 0.25) is 0 Å². The van der Waals surface area contributed by atoms with E-state index in [1.54, 1.807) is 7.11 Å². The van der Waals surface area contributed by atoms with Crippen molar-refractivity contribution in [2.75, 3.05) is 13.7 Å². The Morgan fingerprint density at radius 3 is 2.65 bits per heavy atom. The predicted molar refractivity (Wildman–Crippen MR) is 79.7 cm³/mol. The molecule has 3 nitrogen and oxygen atoms in total. The Hall–Kier alpha value is -1.51. The lowest BCUT2D eigenvalue weighted by atomic mass is 9.83. The zero-order valence-corrected chi connectivity index (χ0v) is 12.5. The highest BCUT2D eigenvalue weighted by molar-refractivity contribution is 6.00. The molecule has 1 saturated carbocycles. The van der Waals surface area contributed by atoms with Crippen LogP contribution < -0.4 is 9.47 Å². The summed E-state index contributed by atoms with van der Waals surface area (Å²) in [5.41, 5.74) is 0.674. The molecule has 0 saturated heterocycles. The van der Waals surface area contributed by atoms with E-state index >= 15 is 0 Å². The Labute approximate surface area is 121 Å². The number of rotatable bonds is 6. The first kappa shape index (κ1) is 14.9. The molecule has 3 heteroatoms. The fraction of sp³-hybridized carbons (Fsp3) is 0.588. The Morgan fingerprint density at radius 2 is 2.00 bits per heavy atom. The highest BCUT2D eigenvalue weighted by atomic mass is 16.5. The van der Waals surface area contributed by atoms with Gasteiger partial charge in [0.05, 0.1) is 19.3 Å². The summed E-state index contributed by atoms with van der Waals surface area (Å²) in [4.78, 5) is 12.7. The van der Waals surface area contributed by atoms with Crippen molar-refractivity contribution < 1.29 is 14.3 Å². The number of methoxy groups -OCH3 is 1. The number of ether oxygens (including phenoxy) is 2. The second kappa shape index (κ2) is 7.32. The van der Waals surface area contributed by atoms with Crippen LogP contribution >= 0.6 is 0 Å². The summed E-state index contributed by atoms with van der Waals surface area (Å²) >= 11 is 0. The maximum Gasteiger partial charge on any atom is 0.169 e. The minimum atomic E-state index is 0.152. The fourth-order valence-electron chi connectivity index (χ4n) is 2.77. The number of ketones is 1. The molecule has 1 aliphatic carbocycles. The van der Waals surface area contributed by atoms with Gasteiger partial charge < -0.3 is 9.47 Å². The van der Waals surface area contributed by atoms with Crippen molar-refractivity contribution in [1.29, 1.82) is 0 Å². The first-order valence-corrected chi connectivity index (χ1v) is 7.61. The van der Waals surface area contributed by atoms with Crippen LogP contribution in [0, 0.1) is 5.92 Å². The van der Waals surface area contributed by atoms with Gasteiger partial charge >= 0.3 is 0 Å². The monoisotopic (exact) mass is 276 g/mol. The van der Waals surface area contributed by atoms with Crippen molar-refractivity contribution in [3.8, 4) is 11.5 Å². The summed E-state index contributed by atoms with van der Waals surface area (Å²) in [6, 6.07) is 5.54. The van der Waals surface area contributed by atoms with Gasteiger partial charge in [-0.1, -0.05) is 26.2 Å². The van der Waals surface area contributed by atoms with Crippen molar-refractivity contribution in [2.45, 2.75) is 45.4 Å². The quantitative estimate of drug-likeness (QED) is 0.729. The summed E-state index contributed by atoms with van der Waals surface area (Å²) in [6.07, 6.45) is 6.53. The first-order chi connectivity index (χ1) is 9.76. The van der Waals surface area contributed by atoms with Gasteiger partial charge in [-0.05, 0) is 37.5 Å². The average molecular weight is 276 g/mol. The van der Waals surface area contributed by atoms with E-state index in [2.05, 4.69) is 6.92 Å². The van der Waals surface area contributed by atoms with Crippen molar-refractivity contribution in [3.63, 3.8) is 0 Å². The van der Waals surface area contributed by atoms with E-state index in [1.165, 1.54) is 6.42 Å². The Kier molecular flexibility index (Phi) is 5.45. The normalized spacial score (nSPS) is 15.9. The summed E-state index contributed by atoms with van der Waals surface area (Å²) < 4.78 is 11.0. The molecule has 0 aromatic heterocycles. The molecule has 0 N–H and O–H groups in total. The minimum Gasteiger partial charge on any atom is -0.496 e. The van der Waals surface area contributed by atoms with E-state index in [0.717, 1.165) is 37.9 Å². The van der Waals surface area contributed by atoms with Crippen molar-refractivity contribution in [2.24, 2.45) is 5.92 Å². The molecule has 2 rings (SSSR count). The highest BCUT2D eigenvalue weighted by Crippen LogP contribution is 2.32. The number of hydrogen-bond donors (Lipinski definition) is 0. The lowest BCUT2D eigenvalue weighted by Crippen LogP contribution is -2.18. The van der Waals surface area contributed by atoms with Crippen LogP contribution in [-0.2, 0) is 0 Å². The average Bonchev–Trinajstić information content (AvgIpc) is 2.52. The molecule has 0 amide bonds. The third-order valence-electron chi connectivity index (χ3n) is 3.89. The maximum atomic E-state index is 12.7. The van der Waals surface area contributed by atoms with Crippen LogP contribution in [0.4, 0.5) is 0 Å². The zero-order valence-electron chi connectivity index (χ0n) is 12.5. The second-order valence-corrected chi connectivity index (χ2v) is 5.41. The zero-order chi connectivity index (χ0) is 14.4. The molecule has 0 aliphatic heterocycles. The third kappa shape index (κ3) is 3.53. The number of Topliss-reactive ketones (excluding diaryl/α,β-unsaturated/α-hetero) is 1. The largest absolute Gasteiger partial charge is 0.496 e. The Bertz CT molecular complexity index is 448. The summed E-state index contributed by atoms with van der Waals surface area (Å²) in [6.45, 7) is 2.74. The summed E-state index contributed by atoms with van der Waals surface area (Å²) in [5.74, 6) is 1.78. The van der Waals surface area contributed by atoms with Gasteiger partial charge in [-0.15, -0.1) is 0 Å². The molecule has 1 aromatic carbocycles. The van der Waals surface area contributed by atoms with E-state index in [4.69, 9.17) is 9.47 Å².